The quantitative estimate of drug-likeness (QED) is 0.756. The topological polar surface area (TPSA) is 32.8 Å². The van der Waals surface area contributed by atoms with Crippen molar-refractivity contribution in [3.8, 4) is 0 Å². The van der Waals surface area contributed by atoms with Gasteiger partial charge in [0.1, 0.15) is 0 Å². The third-order valence-corrected chi connectivity index (χ3v) is 3.84. The molecule has 2 heterocycles. The molecule has 1 saturated heterocycles. The lowest BCUT2D eigenvalue weighted by Gasteiger charge is -2.33. The minimum atomic E-state index is -0.108. The van der Waals surface area contributed by atoms with Gasteiger partial charge in [-0.3, -0.25) is 14.6 Å². The average Bonchev–Trinajstić information content (AvgIpc) is 2.85. The Kier molecular flexibility index (Phi) is 5.16. The van der Waals surface area contributed by atoms with E-state index in [2.05, 4.69) is 26.6 Å². The summed E-state index contributed by atoms with van der Waals surface area (Å²) in [6.45, 7) is 7.71. The monoisotopic (exact) mass is 268 g/mol. The van der Waals surface area contributed by atoms with Crippen molar-refractivity contribution in [3.63, 3.8) is 0 Å². The van der Waals surface area contributed by atoms with Gasteiger partial charge in [-0.2, -0.15) is 11.3 Å². The van der Waals surface area contributed by atoms with Gasteiger partial charge in [-0.25, -0.2) is 0 Å². The van der Waals surface area contributed by atoms with Crippen molar-refractivity contribution in [2.45, 2.75) is 13.5 Å². The SMILES string of the molecule is CCOC(=O)CN1CCN(Cc2ccsc2)CC1. The summed E-state index contributed by atoms with van der Waals surface area (Å²) < 4.78 is 4.96. The van der Waals surface area contributed by atoms with E-state index in [-0.39, 0.29) is 5.97 Å². The van der Waals surface area contributed by atoms with Gasteiger partial charge in [0.25, 0.3) is 0 Å². The number of esters is 1. The molecule has 2 rings (SSSR count). The van der Waals surface area contributed by atoms with Crippen molar-refractivity contribution >= 4 is 17.3 Å². The van der Waals surface area contributed by atoms with E-state index < -0.39 is 0 Å². The highest BCUT2D eigenvalue weighted by Gasteiger charge is 2.19. The van der Waals surface area contributed by atoms with E-state index >= 15 is 0 Å². The van der Waals surface area contributed by atoms with Gasteiger partial charge < -0.3 is 4.74 Å². The molecule has 0 unspecified atom stereocenters. The Hall–Kier alpha value is -0.910. The Labute approximate surface area is 112 Å². The van der Waals surface area contributed by atoms with Gasteiger partial charge in [-0.15, -0.1) is 0 Å². The summed E-state index contributed by atoms with van der Waals surface area (Å²) in [5.74, 6) is -0.108. The predicted octanol–water partition coefficient (Wildman–Crippen LogP) is 1.43. The molecular formula is C13H20N2O2S. The molecular weight excluding hydrogens is 248 g/mol. The zero-order valence-electron chi connectivity index (χ0n) is 10.8. The fourth-order valence-electron chi connectivity index (χ4n) is 2.14. The molecule has 1 aliphatic heterocycles. The van der Waals surface area contributed by atoms with Crippen molar-refractivity contribution < 1.29 is 9.53 Å². The fourth-order valence-corrected chi connectivity index (χ4v) is 2.80. The van der Waals surface area contributed by atoms with Gasteiger partial charge in [0.05, 0.1) is 13.2 Å². The second-order valence-corrected chi connectivity index (χ2v) is 5.27. The number of hydrogen-bond acceptors (Lipinski definition) is 5. The number of carbonyl (C=O) groups excluding carboxylic acids is 1. The average molecular weight is 268 g/mol. The molecule has 1 fully saturated rings. The maximum atomic E-state index is 11.4. The van der Waals surface area contributed by atoms with Crippen LogP contribution in [0, 0.1) is 0 Å². The van der Waals surface area contributed by atoms with Crippen LogP contribution in [0.2, 0.25) is 0 Å². The summed E-state index contributed by atoms with van der Waals surface area (Å²) >= 11 is 1.74. The van der Waals surface area contributed by atoms with Crippen molar-refractivity contribution in [1.29, 1.82) is 0 Å². The van der Waals surface area contributed by atoms with Crippen LogP contribution in [0.4, 0.5) is 0 Å². The number of nitrogens with zero attached hydrogens (tertiary/aromatic N) is 2. The van der Waals surface area contributed by atoms with Crippen LogP contribution in [0.3, 0.4) is 0 Å². The molecule has 0 saturated carbocycles. The summed E-state index contributed by atoms with van der Waals surface area (Å²) in [6.07, 6.45) is 0. The fraction of sp³-hybridized carbons (Fsp3) is 0.615. The van der Waals surface area contributed by atoms with Crippen molar-refractivity contribution in [2.75, 3.05) is 39.3 Å². The van der Waals surface area contributed by atoms with Crippen LogP contribution in [-0.4, -0.2) is 55.1 Å². The molecule has 0 amide bonds. The Morgan fingerprint density at radius 3 is 2.67 bits per heavy atom. The summed E-state index contributed by atoms with van der Waals surface area (Å²) in [7, 11) is 0. The van der Waals surface area contributed by atoms with Gasteiger partial charge in [-0.1, -0.05) is 0 Å². The van der Waals surface area contributed by atoms with E-state index in [4.69, 9.17) is 4.74 Å². The molecule has 0 aromatic carbocycles. The highest BCUT2D eigenvalue weighted by atomic mass is 32.1. The molecule has 1 aromatic rings. The Morgan fingerprint density at radius 1 is 1.33 bits per heavy atom. The molecule has 18 heavy (non-hydrogen) atoms. The molecule has 0 radical (unpaired) electrons. The minimum absolute atomic E-state index is 0.108. The van der Waals surface area contributed by atoms with Crippen LogP contribution in [0.1, 0.15) is 12.5 Å². The predicted molar refractivity (Wildman–Crippen MR) is 72.7 cm³/mol. The van der Waals surface area contributed by atoms with Crippen LogP contribution < -0.4 is 0 Å². The molecule has 0 N–H and O–H groups in total. The largest absolute Gasteiger partial charge is 0.465 e. The zero-order valence-corrected chi connectivity index (χ0v) is 11.6. The number of ether oxygens (including phenoxy) is 1. The van der Waals surface area contributed by atoms with E-state index in [1.165, 1.54) is 5.56 Å². The van der Waals surface area contributed by atoms with Crippen LogP contribution in [0.15, 0.2) is 16.8 Å². The highest BCUT2D eigenvalue weighted by Crippen LogP contribution is 2.11. The van der Waals surface area contributed by atoms with E-state index in [1.54, 1.807) is 11.3 Å². The van der Waals surface area contributed by atoms with Crippen molar-refractivity contribution in [1.82, 2.24) is 9.80 Å². The van der Waals surface area contributed by atoms with E-state index in [0.717, 1.165) is 32.7 Å². The summed E-state index contributed by atoms with van der Waals surface area (Å²) in [5, 5.41) is 4.32. The third kappa shape index (κ3) is 4.08. The van der Waals surface area contributed by atoms with Gasteiger partial charge in [0, 0.05) is 32.7 Å². The Bertz CT molecular complexity index is 359. The number of carbonyl (C=O) groups is 1. The number of hydrogen-bond donors (Lipinski definition) is 0. The summed E-state index contributed by atoms with van der Waals surface area (Å²) in [5.41, 5.74) is 1.39. The first-order valence-electron chi connectivity index (χ1n) is 6.39. The lowest BCUT2D eigenvalue weighted by Crippen LogP contribution is -2.47. The van der Waals surface area contributed by atoms with Crippen molar-refractivity contribution in [3.05, 3.63) is 22.4 Å². The number of piperazine rings is 1. The number of thiophene rings is 1. The molecule has 0 bridgehead atoms. The molecule has 5 heteroatoms. The number of rotatable bonds is 5. The lowest BCUT2D eigenvalue weighted by molar-refractivity contribution is -0.144. The summed E-state index contributed by atoms with van der Waals surface area (Å²) in [6, 6.07) is 2.18. The molecule has 100 valence electrons. The second kappa shape index (κ2) is 6.87. The molecule has 0 atom stereocenters. The third-order valence-electron chi connectivity index (χ3n) is 3.11. The van der Waals surface area contributed by atoms with Gasteiger partial charge in [0.2, 0.25) is 0 Å². The standard InChI is InChI=1S/C13H20N2O2S/c1-2-17-13(16)10-15-6-4-14(5-7-15)9-12-3-8-18-11-12/h3,8,11H,2,4-7,9-10H2,1H3. The molecule has 4 nitrogen and oxygen atoms in total. The first-order chi connectivity index (χ1) is 8.78. The summed E-state index contributed by atoms with van der Waals surface area (Å²) in [4.78, 5) is 16.0. The van der Waals surface area contributed by atoms with Gasteiger partial charge in [-0.05, 0) is 29.3 Å². The maximum absolute atomic E-state index is 11.4. The first-order valence-corrected chi connectivity index (χ1v) is 7.33. The van der Waals surface area contributed by atoms with Gasteiger partial charge >= 0.3 is 5.97 Å². The van der Waals surface area contributed by atoms with Gasteiger partial charge in [0.15, 0.2) is 0 Å². The normalized spacial score (nSPS) is 17.8. The molecule has 1 aromatic heterocycles. The highest BCUT2D eigenvalue weighted by molar-refractivity contribution is 7.07. The van der Waals surface area contributed by atoms with Crippen LogP contribution in [0.25, 0.3) is 0 Å². The molecule has 0 aliphatic carbocycles. The Balaban J connectivity index is 1.69. The van der Waals surface area contributed by atoms with E-state index in [1.807, 2.05) is 6.92 Å². The Morgan fingerprint density at radius 2 is 2.06 bits per heavy atom. The zero-order chi connectivity index (χ0) is 12.8. The smallest absolute Gasteiger partial charge is 0.320 e. The van der Waals surface area contributed by atoms with E-state index in [9.17, 15) is 4.79 Å². The van der Waals surface area contributed by atoms with Crippen LogP contribution >= 0.6 is 11.3 Å². The first kappa shape index (κ1) is 13.5. The van der Waals surface area contributed by atoms with E-state index in [0.29, 0.717) is 13.2 Å². The molecule has 0 spiro atoms. The van der Waals surface area contributed by atoms with Crippen LogP contribution in [0.5, 0.6) is 0 Å². The second-order valence-electron chi connectivity index (χ2n) is 4.49. The molecule has 1 aliphatic rings. The lowest BCUT2D eigenvalue weighted by atomic mass is 10.2. The minimum Gasteiger partial charge on any atom is -0.465 e. The maximum Gasteiger partial charge on any atom is 0.320 e. The van der Waals surface area contributed by atoms with Crippen LogP contribution in [-0.2, 0) is 16.1 Å². The van der Waals surface area contributed by atoms with Crippen molar-refractivity contribution in [2.24, 2.45) is 0 Å².